The summed E-state index contributed by atoms with van der Waals surface area (Å²) < 4.78 is 0. The summed E-state index contributed by atoms with van der Waals surface area (Å²) >= 11 is 0. The van der Waals surface area contributed by atoms with Gasteiger partial charge in [0.1, 0.15) is 5.82 Å². The fraction of sp³-hybridized carbons (Fsp3) is 0.688. The number of hydrogen-bond donors (Lipinski definition) is 1. The summed E-state index contributed by atoms with van der Waals surface area (Å²) in [5, 5.41) is 3.45. The maximum atomic E-state index is 4.84. The molecule has 0 radical (unpaired) electrons. The zero-order valence-corrected chi connectivity index (χ0v) is 13.5. The van der Waals surface area contributed by atoms with Crippen molar-refractivity contribution in [1.29, 1.82) is 0 Å². The van der Waals surface area contributed by atoms with Crippen LogP contribution in [0.25, 0.3) is 0 Å². The number of hydrogen-bond acceptors (Lipinski definition) is 4. The summed E-state index contributed by atoms with van der Waals surface area (Å²) in [5.74, 6) is 1.18. The zero-order chi connectivity index (χ0) is 14.7. The highest BCUT2D eigenvalue weighted by Gasteiger charge is 2.24. The van der Waals surface area contributed by atoms with E-state index < -0.39 is 0 Å². The molecule has 1 aliphatic heterocycles. The monoisotopic (exact) mass is 276 g/mol. The standard InChI is InChI=1S/C16H28N4/c1-6-17-10-15-12(2)9-13(3)18-16(15)20-8-7-19(5)14(4)11-20/h9,14,17H,6-8,10-11H2,1-5H3. The van der Waals surface area contributed by atoms with Crippen LogP contribution in [0.4, 0.5) is 5.82 Å². The number of nitrogens with zero attached hydrogens (tertiary/aromatic N) is 3. The van der Waals surface area contributed by atoms with Crippen LogP contribution in [-0.2, 0) is 6.54 Å². The zero-order valence-electron chi connectivity index (χ0n) is 13.5. The van der Waals surface area contributed by atoms with Gasteiger partial charge < -0.3 is 15.1 Å². The van der Waals surface area contributed by atoms with Gasteiger partial charge in [0.15, 0.2) is 0 Å². The van der Waals surface area contributed by atoms with Crippen molar-refractivity contribution in [1.82, 2.24) is 15.2 Å². The first kappa shape index (κ1) is 15.3. The Balaban J connectivity index is 2.29. The largest absolute Gasteiger partial charge is 0.353 e. The van der Waals surface area contributed by atoms with Gasteiger partial charge in [-0.25, -0.2) is 4.98 Å². The molecule has 20 heavy (non-hydrogen) atoms. The first-order chi connectivity index (χ1) is 9.52. The fourth-order valence-electron chi connectivity index (χ4n) is 2.81. The normalized spacial score (nSPS) is 20.4. The van der Waals surface area contributed by atoms with Crippen molar-refractivity contribution in [2.45, 2.75) is 40.3 Å². The highest BCUT2D eigenvalue weighted by atomic mass is 15.3. The summed E-state index contributed by atoms with van der Waals surface area (Å²) in [6.07, 6.45) is 0. The third-order valence-corrected chi connectivity index (χ3v) is 4.26. The number of piperazine rings is 1. The van der Waals surface area contributed by atoms with E-state index in [9.17, 15) is 0 Å². The quantitative estimate of drug-likeness (QED) is 0.911. The Morgan fingerprint density at radius 3 is 2.75 bits per heavy atom. The number of aryl methyl sites for hydroxylation is 2. The third-order valence-electron chi connectivity index (χ3n) is 4.26. The molecular weight excluding hydrogens is 248 g/mol. The number of aromatic nitrogens is 1. The van der Waals surface area contributed by atoms with E-state index in [2.05, 4.69) is 55.9 Å². The number of anilines is 1. The maximum Gasteiger partial charge on any atom is 0.133 e. The van der Waals surface area contributed by atoms with Crippen LogP contribution in [0.3, 0.4) is 0 Å². The average molecular weight is 276 g/mol. The van der Waals surface area contributed by atoms with E-state index in [1.165, 1.54) is 16.9 Å². The van der Waals surface area contributed by atoms with Crippen molar-refractivity contribution in [3.8, 4) is 0 Å². The lowest BCUT2D eigenvalue weighted by Gasteiger charge is -2.39. The molecule has 1 aromatic heterocycles. The van der Waals surface area contributed by atoms with Crippen LogP contribution in [-0.4, -0.2) is 49.2 Å². The predicted molar refractivity (Wildman–Crippen MR) is 85.4 cm³/mol. The summed E-state index contributed by atoms with van der Waals surface area (Å²) in [6, 6.07) is 2.77. The van der Waals surface area contributed by atoms with Gasteiger partial charge in [0.25, 0.3) is 0 Å². The molecule has 0 aliphatic carbocycles. The van der Waals surface area contributed by atoms with Gasteiger partial charge in [0, 0.05) is 43.5 Å². The first-order valence-electron chi connectivity index (χ1n) is 7.66. The molecule has 0 saturated carbocycles. The lowest BCUT2D eigenvalue weighted by atomic mass is 10.1. The molecule has 4 heteroatoms. The van der Waals surface area contributed by atoms with Gasteiger partial charge in [-0.05, 0) is 46.0 Å². The molecule has 1 aromatic rings. The second-order valence-electron chi connectivity index (χ2n) is 5.94. The van der Waals surface area contributed by atoms with Crippen molar-refractivity contribution < 1.29 is 0 Å². The van der Waals surface area contributed by atoms with Crippen molar-refractivity contribution >= 4 is 5.82 Å². The molecule has 1 saturated heterocycles. The van der Waals surface area contributed by atoms with E-state index >= 15 is 0 Å². The molecule has 0 aromatic carbocycles. The Kier molecular flexibility index (Phi) is 5.00. The SMILES string of the molecule is CCNCc1c(C)cc(C)nc1N1CCN(C)C(C)C1. The Morgan fingerprint density at radius 1 is 1.35 bits per heavy atom. The van der Waals surface area contributed by atoms with E-state index in [-0.39, 0.29) is 0 Å². The van der Waals surface area contributed by atoms with E-state index in [4.69, 9.17) is 4.98 Å². The molecule has 1 atom stereocenters. The first-order valence-corrected chi connectivity index (χ1v) is 7.66. The van der Waals surface area contributed by atoms with E-state index in [1.807, 2.05) is 0 Å². The Bertz CT molecular complexity index is 458. The number of rotatable bonds is 4. The molecule has 1 N–H and O–H groups in total. The van der Waals surface area contributed by atoms with Crippen LogP contribution in [0.2, 0.25) is 0 Å². The number of pyridine rings is 1. The minimum atomic E-state index is 0.582. The molecular formula is C16H28N4. The van der Waals surface area contributed by atoms with Crippen molar-refractivity contribution in [2.24, 2.45) is 0 Å². The fourth-order valence-corrected chi connectivity index (χ4v) is 2.81. The lowest BCUT2D eigenvalue weighted by Crippen LogP contribution is -2.50. The topological polar surface area (TPSA) is 31.4 Å². The van der Waals surface area contributed by atoms with Crippen LogP contribution < -0.4 is 10.2 Å². The summed E-state index contributed by atoms with van der Waals surface area (Å²) in [7, 11) is 2.20. The average Bonchev–Trinajstić information content (AvgIpc) is 2.40. The van der Waals surface area contributed by atoms with Gasteiger partial charge in [-0.2, -0.15) is 0 Å². The van der Waals surface area contributed by atoms with Crippen LogP contribution in [0.5, 0.6) is 0 Å². The lowest BCUT2D eigenvalue weighted by molar-refractivity contribution is 0.233. The second kappa shape index (κ2) is 6.55. The minimum absolute atomic E-state index is 0.582. The molecule has 0 amide bonds. The molecule has 112 valence electrons. The van der Waals surface area contributed by atoms with Gasteiger partial charge in [0.2, 0.25) is 0 Å². The summed E-state index contributed by atoms with van der Waals surface area (Å²) in [5.41, 5.74) is 3.82. The van der Waals surface area contributed by atoms with Gasteiger partial charge >= 0.3 is 0 Å². The smallest absolute Gasteiger partial charge is 0.133 e. The number of nitrogens with one attached hydrogen (secondary N) is 1. The Labute approximate surface area is 123 Å². The maximum absolute atomic E-state index is 4.84. The molecule has 2 rings (SSSR count). The predicted octanol–water partition coefficient (Wildman–Crippen LogP) is 1.95. The van der Waals surface area contributed by atoms with Crippen molar-refractivity contribution in [3.63, 3.8) is 0 Å². The molecule has 1 fully saturated rings. The molecule has 4 nitrogen and oxygen atoms in total. The van der Waals surface area contributed by atoms with Crippen LogP contribution in [0.15, 0.2) is 6.07 Å². The van der Waals surface area contributed by atoms with Crippen LogP contribution in [0.1, 0.15) is 30.7 Å². The summed E-state index contributed by atoms with van der Waals surface area (Å²) in [4.78, 5) is 9.71. The van der Waals surface area contributed by atoms with Gasteiger partial charge in [-0.3, -0.25) is 0 Å². The highest BCUT2D eigenvalue weighted by Crippen LogP contribution is 2.24. The van der Waals surface area contributed by atoms with E-state index in [0.717, 1.165) is 38.4 Å². The van der Waals surface area contributed by atoms with Crippen LogP contribution in [0, 0.1) is 13.8 Å². The molecule has 0 bridgehead atoms. The van der Waals surface area contributed by atoms with Crippen molar-refractivity contribution in [3.05, 3.63) is 22.9 Å². The second-order valence-corrected chi connectivity index (χ2v) is 5.94. The van der Waals surface area contributed by atoms with Gasteiger partial charge in [-0.15, -0.1) is 0 Å². The van der Waals surface area contributed by atoms with Gasteiger partial charge in [0.05, 0.1) is 0 Å². The van der Waals surface area contributed by atoms with Crippen LogP contribution >= 0.6 is 0 Å². The number of likely N-dealkylation sites (N-methyl/N-ethyl adjacent to an activating group) is 1. The molecule has 0 spiro atoms. The molecule has 1 aliphatic rings. The van der Waals surface area contributed by atoms with E-state index in [1.54, 1.807) is 0 Å². The summed E-state index contributed by atoms with van der Waals surface area (Å²) in [6.45, 7) is 13.9. The minimum Gasteiger partial charge on any atom is -0.353 e. The van der Waals surface area contributed by atoms with Crippen molar-refractivity contribution in [2.75, 3.05) is 38.1 Å². The van der Waals surface area contributed by atoms with Gasteiger partial charge in [-0.1, -0.05) is 6.92 Å². The Morgan fingerprint density at radius 2 is 2.10 bits per heavy atom. The highest BCUT2D eigenvalue weighted by molar-refractivity contribution is 5.52. The van der Waals surface area contributed by atoms with E-state index in [0.29, 0.717) is 6.04 Å². The molecule has 2 heterocycles. The Hall–Kier alpha value is -1.13. The third kappa shape index (κ3) is 3.30. The molecule has 1 unspecified atom stereocenters.